The smallest absolute Gasteiger partial charge is 0.00699 e. The van der Waals surface area contributed by atoms with Crippen LogP contribution in [0.25, 0.3) is 0 Å². The lowest BCUT2D eigenvalue weighted by Gasteiger charge is -2.15. The zero-order valence-corrected chi connectivity index (χ0v) is 5.14. The van der Waals surface area contributed by atoms with Gasteiger partial charge >= 0.3 is 0 Å². The molecule has 1 unspecified atom stereocenters. The minimum atomic E-state index is 0.578. The summed E-state index contributed by atoms with van der Waals surface area (Å²) in [6.07, 6.45) is 5.66. The zero-order valence-electron chi connectivity index (χ0n) is 5.14. The van der Waals surface area contributed by atoms with Gasteiger partial charge in [0.25, 0.3) is 0 Å². The molecule has 46 valence electrons. The third-order valence-electron chi connectivity index (χ3n) is 2.79. The van der Waals surface area contributed by atoms with Gasteiger partial charge in [0, 0.05) is 6.04 Å². The Kier molecular flexibility index (Phi) is 0.884. The first-order valence-electron chi connectivity index (χ1n) is 3.62. The van der Waals surface area contributed by atoms with Crippen molar-refractivity contribution in [1.29, 1.82) is 0 Å². The largest absolute Gasteiger partial charge is 0.327 e. The van der Waals surface area contributed by atoms with Gasteiger partial charge in [-0.3, -0.25) is 0 Å². The van der Waals surface area contributed by atoms with E-state index >= 15 is 0 Å². The van der Waals surface area contributed by atoms with E-state index < -0.39 is 0 Å². The predicted molar refractivity (Wildman–Crippen MR) is 33.4 cm³/mol. The highest BCUT2D eigenvalue weighted by molar-refractivity contribution is 4.91. The summed E-state index contributed by atoms with van der Waals surface area (Å²) in [6, 6.07) is 0.578. The fourth-order valence-electron chi connectivity index (χ4n) is 2.29. The SMILES string of the molecule is NC1C[C@H]2CC[C@@H]1C2. The Bertz CT molecular complexity index is 98.6. The van der Waals surface area contributed by atoms with Crippen molar-refractivity contribution in [2.24, 2.45) is 17.6 Å². The van der Waals surface area contributed by atoms with Gasteiger partial charge in [0.1, 0.15) is 0 Å². The average molecular weight is 111 g/mol. The highest BCUT2D eigenvalue weighted by Crippen LogP contribution is 2.43. The summed E-state index contributed by atoms with van der Waals surface area (Å²) in [6.45, 7) is 0. The van der Waals surface area contributed by atoms with E-state index in [4.69, 9.17) is 5.73 Å². The van der Waals surface area contributed by atoms with Crippen LogP contribution >= 0.6 is 0 Å². The Morgan fingerprint density at radius 3 is 2.25 bits per heavy atom. The minimum Gasteiger partial charge on any atom is -0.327 e. The molecule has 0 amide bonds. The fraction of sp³-hybridized carbons (Fsp3) is 1.00. The molecule has 2 aliphatic carbocycles. The maximum atomic E-state index is 5.82. The zero-order chi connectivity index (χ0) is 5.56. The summed E-state index contributed by atoms with van der Waals surface area (Å²) < 4.78 is 0. The van der Waals surface area contributed by atoms with E-state index in [0.717, 1.165) is 11.8 Å². The Morgan fingerprint density at radius 2 is 2.00 bits per heavy atom. The molecular weight excluding hydrogens is 98.1 g/mol. The van der Waals surface area contributed by atoms with E-state index in [2.05, 4.69) is 0 Å². The van der Waals surface area contributed by atoms with Crippen molar-refractivity contribution in [2.45, 2.75) is 31.7 Å². The molecule has 0 spiro atoms. The fourth-order valence-corrected chi connectivity index (χ4v) is 2.29. The molecule has 3 atom stereocenters. The van der Waals surface area contributed by atoms with Gasteiger partial charge in [0.05, 0.1) is 0 Å². The third kappa shape index (κ3) is 0.510. The molecule has 0 aromatic heterocycles. The molecule has 0 aromatic rings. The summed E-state index contributed by atoms with van der Waals surface area (Å²) >= 11 is 0. The van der Waals surface area contributed by atoms with Crippen LogP contribution in [0.5, 0.6) is 0 Å². The highest BCUT2D eigenvalue weighted by atomic mass is 14.7. The van der Waals surface area contributed by atoms with Gasteiger partial charge < -0.3 is 5.73 Å². The first kappa shape index (κ1) is 4.80. The molecule has 1 heteroatoms. The van der Waals surface area contributed by atoms with Crippen LogP contribution < -0.4 is 5.73 Å². The lowest BCUT2D eigenvalue weighted by molar-refractivity contribution is 0.418. The second-order valence-corrected chi connectivity index (χ2v) is 3.34. The van der Waals surface area contributed by atoms with Crippen molar-refractivity contribution < 1.29 is 0 Å². The molecule has 2 saturated carbocycles. The summed E-state index contributed by atoms with van der Waals surface area (Å²) in [5, 5.41) is 0. The summed E-state index contributed by atoms with van der Waals surface area (Å²) in [7, 11) is 0. The molecule has 1 nitrogen and oxygen atoms in total. The van der Waals surface area contributed by atoms with E-state index in [1.54, 1.807) is 0 Å². The van der Waals surface area contributed by atoms with Crippen LogP contribution in [0.2, 0.25) is 0 Å². The van der Waals surface area contributed by atoms with E-state index in [-0.39, 0.29) is 0 Å². The van der Waals surface area contributed by atoms with Gasteiger partial charge in [0.15, 0.2) is 0 Å². The van der Waals surface area contributed by atoms with Crippen molar-refractivity contribution in [1.82, 2.24) is 0 Å². The number of fused-ring (bicyclic) bond motifs is 2. The van der Waals surface area contributed by atoms with E-state index in [1.807, 2.05) is 0 Å². The van der Waals surface area contributed by atoms with Crippen molar-refractivity contribution in [2.75, 3.05) is 0 Å². The van der Waals surface area contributed by atoms with E-state index in [0.29, 0.717) is 6.04 Å². The average Bonchev–Trinajstić information content (AvgIpc) is 2.23. The molecule has 2 fully saturated rings. The standard InChI is InChI=1S/C7H13N/c8-7-4-5-1-2-6(7)3-5/h5-7H,1-4,8H2/t5-,6+,7?/m0/s1. The highest BCUT2D eigenvalue weighted by Gasteiger charge is 2.36. The van der Waals surface area contributed by atoms with E-state index in [1.165, 1.54) is 25.7 Å². The Morgan fingerprint density at radius 1 is 1.12 bits per heavy atom. The molecule has 2 aliphatic rings. The Labute approximate surface area is 50.3 Å². The van der Waals surface area contributed by atoms with Crippen LogP contribution in [-0.2, 0) is 0 Å². The van der Waals surface area contributed by atoms with Gasteiger partial charge in [-0.15, -0.1) is 0 Å². The quantitative estimate of drug-likeness (QED) is 0.498. The summed E-state index contributed by atoms with van der Waals surface area (Å²) in [5.74, 6) is 1.94. The Hall–Kier alpha value is -0.0400. The molecule has 8 heavy (non-hydrogen) atoms. The van der Waals surface area contributed by atoms with Crippen molar-refractivity contribution in [3.63, 3.8) is 0 Å². The van der Waals surface area contributed by atoms with Crippen LogP contribution in [0.3, 0.4) is 0 Å². The monoisotopic (exact) mass is 111 g/mol. The molecular formula is C7H13N. The summed E-state index contributed by atoms with van der Waals surface area (Å²) in [5.41, 5.74) is 5.82. The first-order valence-corrected chi connectivity index (χ1v) is 3.62. The van der Waals surface area contributed by atoms with Crippen molar-refractivity contribution in [3.8, 4) is 0 Å². The molecule has 2 N–H and O–H groups in total. The third-order valence-corrected chi connectivity index (χ3v) is 2.79. The molecule has 0 radical (unpaired) electrons. The van der Waals surface area contributed by atoms with E-state index in [9.17, 15) is 0 Å². The number of rotatable bonds is 0. The van der Waals surface area contributed by atoms with Crippen LogP contribution in [0.4, 0.5) is 0 Å². The maximum absolute atomic E-state index is 5.82. The molecule has 0 aromatic carbocycles. The van der Waals surface area contributed by atoms with Crippen LogP contribution in [0.1, 0.15) is 25.7 Å². The van der Waals surface area contributed by atoms with Gasteiger partial charge in [-0.25, -0.2) is 0 Å². The van der Waals surface area contributed by atoms with Gasteiger partial charge in [0.2, 0.25) is 0 Å². The number of nitrogens with two attached hydrogens (primary N) is 1. The van der Waals surface area contributed by atoms with Crippen LogP contribution in [0, 0.1) is 11.8 Å². The van der Waals surface area contributed by atoms with Crippen LogP contribution in [0.15, 0.2) is 0 Å². The maximum Gasteiger partial charge on any atom is 0.00699 e. The lowest BCUT2D eigenvalue weighted by Crippen LogP contribution is -2.26. The molecule has 0 heterocycles. The lowest BCUT2D eigenvalue weighted by atomic mass is 9.96. The van der Waals surface area contributed by atoms with Crippen LogP contribution in [-0.4, -0.2) is 6.04 Å². The Balaban J connectivity index is 2.11. The second kappa shape index (κ2) is 1.47. The molecule has 0 saturated heterocycles. The van der Waals surface area contributed by atoms with Gasteiger partial charge in [-0.05, 0) is 31.1 Å². The minimum absolute atomic E-state index is 0.578. The molecule has 2 rings (SSSR count). The normalized spacial score (nSPS) is 52.9. The number of hydrogen-bond acceptors (Lipinski definition) is 1. The van der Waals surface area contributed by atoms with Crippen molar-refractivity contribution >= 4 is 0 Å². The summed E-state index contributed by atoms with van der Waals surface area (Å²) in [4.78, 5) is 0. The number of hydrogen-bond donors (Lipinski definition) is 1. The topological polar surface area (TPSA) is 26.0 Å². The second-order valence-electron chi connectivity index (χ2n) is 3.34. The molecule has 0 aliphatic heterocycles. The van der Waals surface area contributed by atoms with Gasteiger partial charge in [-0.1, -0.05) is 6.42 Å². The molecule has 2 bridgehead atoms. The predicted octanol–water partition coefficient (Wildman–Crippen LogP) is 1.13. The first-order chi connectivity index (χ1) is 3.86. The van der Waals surface area contributed by atoms with Crippen molar-refractivity contribution in [3.05, 3.63) is 0 Å². The van der Waals surface area contributed by atoms with Gasteiger partial charge in [-0.2, -0.15) is 0 Å².